The van der Waals surface area contributed by atoms with Gasteiger partial charge in [0.25, 0.3) is 5.91 Å². The molecule has 0 spiro atoms. The number of carbonyl (C=O) groups is 1. The summed E-state index contributed by atoms with van der Waals surface area (Å²) >= 11 is 4.78. The summed E-state index contributed by atoms with van der Waals surface area (Å²) in [6.45, 7) is 0.624. The van der Waals surface area contributed by atoms with Crippen molar-refractivity contribution in [1.82, 2.24) is 5.32 Å². The molecule has 1 aromatic rings. The monoisotopic (exact) mass is 266 g/mol. The summed E-state index contributed by atoms with van der Waals surface area (Å²) < 4.78 is 5.07. The summed E-state index contributed by atoms with van der Waals surface area (Å²) in [4.78, 5) is 12.3. The second-order valence-electron chi connectivity index (χ2n) is 3.91. The molecule has 5 heteroatoms. The zero-order chi connectivity index (χ0) is 13.4. The van der Waals surface area contributed by atoms with Crippen LogP contribution < -0.4 is 15.8 Å². The summed E-state index contributed by atoms with van der Waals surface area (Å²) in [5.74, 6) is 0.584. The molecular formula is C13H18N2O2S. The van der Waals surface area contributed by atoms with E-state index in [1.807, 2.05) is 0 Å². The number of nitrogens with one attached hydrogen (secondary N) is 1. The lowest BCUT2D eigenvalue weighted by atomic mass is 10.2. The van der Waals surface area contributed by atoms with Crippen LogP contribution in [-0.4, -0.2) is 24.6 Å². The number of methoxy groups -OCH3 is 1. The van der Waals surface area contributed by atoms with Gasteiger partial charge in [0, 0.05) is 12.1 Å². The Bertz CT molecular complexity index is 421. The molecule has 98 valence electrons. The molecule has 1 amide bonds. The minimum absolute atomic E-state index is 0.0933. The highest BCUT2D eigenvalue weighted by Gasteiger charge is 2.05. The van der Waals surface area contributed by atoms with Crippen LogP contribution >= 0.6 is 12.2 Å². The zero-order valence-corrected chi connectivity index (χ0v) is 11.3. The maximum Gasteiger partial charge on any atom is 0.251 e. The minimum Gasteiger partial charge on any atom is -0.497 e. The molecule has 18 heavy (non-hydrogen) atoms. The molecule has 1 aromatic carbocycles. The molecule has 0 aliphatic rings. The maximum absolute atomic E-state index is 11.8. The third-order valence-corrected chi connectivity index (χ3v) is 2.67. The number of hydrogen-bond donors (Lipinski definition) is 2. The van der Waals surface area contributed by atoms with Crippen LogP contribution in [0.5, 0.6) is 5.75 Å². The third kappa shape index (κ3) is 5.14. The van der Waals surface area contributed by atoms with Gasteiger partial charge < -0.3 is 15.8 Å². The third-order valence-electron chi connectivity index (χ3n) is 2.47. The van der Waals surface area contributed by atoms with Gasteiger partial charge in [-0.3, -0.25) is 4.79 Å². The van der Waals surface area contributed by atoms with E-state index in [2.05, 4.69) is 5.32 Å². The molecule has 0 saturated carbocycles. The smallest absolute Gasteiger partial charge is 0.251 e. The average Bonchev–Trinajstić information content (AvgIpc) is 2.37. The molecule has 0 radical (unpaired) electrons. The van der Waals surface area contributed by atoms with Crippen molar-refractivity contribution in [2.45, 2.75) is 19.3 Å². The predicted octanol–water partition coefficient (Wildman–Crippen LogP) is 1.88. The van der Waals surface area contributed by atoms with Crippen molar-refractivity contribution >= 4 is 23.1 Å². The number of hydrogen-bond acceptors (Lipinski definition) is 3. The highest BCUT2D eigenvalue weighted by atomic mass is 32.1. The van der Waals surface area contributed by atoms with Crippen molar-refractivity contribution in [3.8, 4) is 5.75 Å². The van der Waals surface area contributed by atoms with Gasteiger partial charge in [-0.15, -0.1) is 0 Å². The standard InChI is InChI=1S/C13H18N2O2S/c1-17-11-6-4-5-10(9-11)13(16)15-8-3-2-7-12(14)18/h4-6,9H,2-3,7-8H2,1H3,(H2,14,18)(H,15,16). The fraction of sp³-hybridized carbons (Fsp3) is 0.385. The molecule has 0 heterocycles. The zero-order valence-electron chi connectivity index (χ0n) is 10.4. The second kappa shape index (κ2) is 7.66. The SMILES string of the molecule is COc1cccc(C(=O)NCCCCC(N)=S)c1. The Labute approximate surface area is 113 Å². The Morgan fingerprint density at radius 1 is 1.44 bits per heavy atom. The van der Waals surface area contributed by atoms with Gasteiger partial charge in [-0.2, -0.15) is 0 Å². The van der Waals surface area contributed by atoms with Crippen molar-refractivity contribution in [3.05, 3.63) is 29.8 Å². The number of thiocarbonyl (C=S) groups is 1. The van der Waals surface area contributed by atoms with E-state index >= 15 is 0 Å². The number of nitrogens with two attached hydrogens (primary N) is 1. The normalized spacial score (nSPS) is 9.83. The number of unbranched alkanes of at least 4 members (excludes halogenated alkanes) is 1. The predicted molar refractivity (Wildman–Crippen MR) is 76.0 cm³/mol. The van der Waals surface area contributed by atoms with E-state index in [0.29, 0.717) is 22.8 Å². The number of carbonyl (C=O) groups excluding carboxylic acids is 1. The van der Waals surface area contributed by atoms with Crippen LogP contribution in [0.2, 0.25) is 0 Å². The van der Waals surface area contributed by atoms with Crippen molar-refractivity contribution in [1.29, 1.82) is 0 Å². The fourth-order valence-electron chi connectivity index (χ4n) is 1.49. The molecular weight excluding hydrogens is 248 g/mol. The summed E-state index contributed by atoms with van der Waals surface area (Å²) in [5.41, 5.74) is 5.99. The number of rotatable bonds is 7. The van der Waals surface area contributed by atoms with E-state index in [1.54, 1.807) is 31.4 Å². The van der Waals surface area contributed by atoms with Crippen molar-refractivity contribution in [2.75, 3.05) is 13.7 Å². The van der Waals surface area contributed by atoms with Gasteiger partial charge >= 0.3 is 0 Å². The van der Waals surface area contributed by atoms with E-state index in [4.69, 9.17) is 22.7 Å². The van der Waals surface area contributed by atoms with E-state index < -0.39 is 0 Å². The Morgan fingerprint density at radius 3 is 2.89 bits per heavy atom. The molecule has 0 bridgehead atoms. The minimum atomic E-state index is -0.0933. The van der Waals surface area contributed by atoms with E-state index in [-0.39, 0.29) is 5.91 Å². The average molecular weight is 266 g/mol. The topological polar surface area (TPSA) is 64.3 Å². The first-order valence-corrected chi connectivity index (χ1v) is 6.25. The van der Waals surface area contributed by atoms with Gasteiger partial charge in [0.1, 0.15) is 5.75 Å². The lowest BCUT2D eigenvalue weighted by Gasteiger charge is -2.06. The van der Waals surface area contributed by atoms with Crippen LogP contribution in [0, 0.1) is 0 Å². The van der Waals surface area contributed by atoms with Gasteiger partial charge in [0.2, 0.25) is 0 Å². The van der Waals surface area contributed by atoms with Gasteiger partial charge in [-0.05, 0) is 37.5 Å². The maximum atomic E-state index is 11.8. The van der Waals surface area contributed by atoms with Gasteiger partial charge in [0.15, 0.2) is 0 Å². The highest BCUT2D eigenvalue weighted by Crippen LogP contribution is 2.12. The summed E-state index contributed by atoms with van der Waals surface area (Å²) in [6, 6.07) is 7.07. The Balaban J connectivity index is 2.33. The first kappa shape index (κ1) is 14.4. The molecule has 0 fully saturated rings. The van der Waals surface area contributed by atoms with Crippen LogP contribution in [0.15, 0.2) is 24.3 Å². The molecule has 0 aliphatic heterocycles. The second-order valence-corrected chi connectivity index (χ2v) is 4.44. The van der Waals surface area contributed by atoms with Crippen LogP contribution in [0.3, 0.4) is 0 Å². The summed E-state index contributed by atoms with van der Waals surface area (Å²) in [7, 11) is 1.58. The van der Waals surface area contributed by atoms with E-state index in [9.17, 15) is 4.79 Å². The molecule has 3 N–H and O–H groups in total. The highest BCUT2D eigenvalue weighted by molar-refractivity contribution is 7.80. The Kier molecular flexibility index (Phi) is 6.14. The number of benzene rings is 1. The quantitative estimate of drug-likeness (QED) is 0.584. The first-order chi connectivity index (χ1) is 8.63. The summed E-state index contributed by atoms with van der Waals surface area (Å²) in [6.07, 6.45) is 2.49. The van der Waals surface area contributed by atoms with Crippen LogP contribution in [0.1, 0.15) is 29.6 Å². The van der Waals surface area contributed by atoms with Crippen LogP contribution in [0.4, 0.5) is 0 Å². The van der Waals surface area contributed by atoms with Gasteiger partial charge in [-0.25, -0.2) is 0 Å². The van der Waals surface area contributed by atoms with Crippen molar-refractivity contribution in [3.63, 3.8) is 0 Å². The molecule has 1 rings (SSSR count). The molecule has 0 unspecified atom stereocenters. The molecule has 0 aromatic heterocycles. The van der Waals surface area contributed by atoms with Crippen molar-refractivity contribution < 1.29 is 9.53 Å². The van der Waals surface area contributed by atoms with Crippen LogP contribution in [0.25, 0.3) is 0 Å². The Morgan fingerprint density at radius 2 is 2.22 bits per heavy atom. The number of amides is 1. The lowest BCUT2D eigenvalue weighted by molar-refractivity contribution is 0.0952. The molecule has 0 saturated heterocycles. The lowest BCUT2D eigenvalue weighted by Crippen LogP contribution is -2.24. The largest absolute Gasteiger partial charge is 0.497 e. The number of ether oxygens (including phenoxy) is 1. The summed E-state index contributed by atoms with van der Waals surface area (Å²) in [5, 5.41) is 2.85. The first-order valence-electron chi connectivity index (χ1n) is 5.84. The van der Waals surface area contributed by atoms with Crippen molar-refractivity contribution in [2.24, 2.45) is 5.73 Å². The fourth-order valence-corrected chi connectivity index (χ4v) is 1.64. The van der Waals surface area contributed by atoms with Crippen LogP contribution in [-0.2, 0) is 0 Å². The molecule has 0 aliphatic carbocycles. The Hall–Kier alpha value is -1.62. The van der Waals surface area contributed by atoms with E-state index in [0.717, 1.165) is 19.3 Å². The van der Waals surface area contributed by atoms with E-state index in [1.165, 1.54) is 0 Å². The molecule has 0 atom stereocenters. The molecule has 4 nitrogen and oxygen atoms in total. The van der Waals surface area contributed by atoms with Gasteiger partial charge in [-0.1, -0.05) is 18.3 Å². The van der Waals surface area contributed by atoms with Gasteiger partial charge in [0.05, 0.1) is 12.1 Å².